The van der Waals surface area contributed by atoms with E-state index in [0.29, 0.717) is 33.4 Å². The van der Waals surface area contributed by atoms with Gasteiger partial charge in [0.05, 0.1) is 29.1 Å². The van der Waals surface area contributed by atoms with Crippen LogP contribution in [0, 0.1) is 10.1 Å². The van der Waals surface area contributed by atoms with Crippen molar-refractivity contribution in [3.8, 4) is 16.9 Å². The lowest BCUT2D eigenvalue weighted by molar-refractivity contribution is -0.384. The Labute approximate surface area is 175 Å². The van der Waals surface area contributed by atoms with Gasteiger partial charge in [0.25, 0.3) is 11.6 Å². The van der Waals surface area contributed by atoms with Crippen LogP contribution < -0.4 is 5.32 Å². The smallest absolute Gasteiger partial charge is 0.270 e. The third kappa shape index (κ3) is 4.08. The van der Waals surface area contributed by atoms with E-state index in [0.717, 1.165) is 0 Å². The van der Waals surface area contributed by atoms with Crippen molar-refractivity contribution in [2.75, 3.05) is 0 Å². The minimum absolute atomic E-state index is 0.0210. The molecule has 4 aromatic rings. The van der Waals surface area contributed by atoms with E-state index in [1.807, 2.05) is 0 Å². The number of halogens is 1. The molecule has 30 heavy (non-hydrogen) atoms. The molecule has 2 aromatic carbocycles. The van der Waals surface area contributed by atoms with Gasteiger partial charge in [-0.3, -0.25) is 14.9 Å². The van der Waals surface area contributed by atoms with Crippen LogP contribution in [-0.4, -0.2) is 20.6 Å². The van der Waals surface area contributed by atoms with Gasteiger partial charge in [0.15, 0.2) is 0 Å². The average molecular weight is 423 g/mol. The number of aromatic nitrogens is 2. The fourth-order valence-corrected chi connectivity index (χ4v) is 3.01. The Hall–Kier alpha value is -3.91. The van der Waals surface area contributed by atoms with Crippen molar-refractivity contribution < 1.29 is 14.1 Å². The minimum Gasteiger partial charge on any atom is -0.467 e. The number of furan rings is 1. The van der Waals surface area contributed by atoms with Gasteiger partial charge in [-0.05, 0) is 54.6 Å². The van der Waals surface area contributed by atoms with Gasteiger partial charge in [0.1, 0.15) is 11.5 Å². The molecule has 8 nitrogen and oxygen atoms in total. The summed E-state index contributed by atoms with van der Waals surface area (Å²) >= 11 is 5.98. The minimum atomic E-state index is -0.469. The largest absolute Gasteiger partial charge is 0.467 e. The van der Waals surface area contributed by atoms with Gasteiger partial charge in [0.2, 0.25) is 0 Å². The number of benzene rings is 2. The van der Waals surface area contributed by atoms with Gasteiger partial charge in [-0.15, -0.1) is 0 Å². The lowest BCUT2D eigenvalue weighted by Crippen LogP contribution is -2.25. The maximum absolute atomic E-state index is 12.9. The Morgan fingerprint density at radius 2 is 1.87 bits per heavy atom. The molecule has 0 saturated heterocycles. The van der Waals surface area contributed by atoms with Crippen LogP contribution in [0.5, 0.6) is 0 Å². The monoisotopic (exact) mass is 422 g/mol. The van der Waals surface area contributed by atoms with E-state index in [2.05, 4.69) is 10.4 Å². The highest BCUT2D eigenvalue weighted by Gasteiger charge is 2.18. The number of amides is 1. The highest BCUT2D eigenvalue weighted by molar-refractivity contribution is 6.30. The van der Waals surface area contributed by atoms with Gasteiger partial charge in [-0.25, -0.2) is 4.68 Å². The van der Waals surface area contributed by atoms with E-state index in [9.17, 15) is 14.9 Å². The summed E-state index contributed by atoms with van der Waals surface area (Å²) in [5, 5.41) is 18.8. The highest BCUT2D eigenvalue weighted by Crippen LogP contribution is 2.25. The summed E-state index contributed by atoms with van der Waals surface area (Å²) < 4.78 is 6.75. The van der Waals surface area contributed by atoms with Crippen LogP contribution in [0.15, 0.2) is 77.4 Å². The van der Waals surface area contributed by atoms with Crippen molar-refractivity contribution >= 4 is 23.2 Å². The average Bonchev–Trinajstić information content (AvgIpc) is 3.43. The lowest BCUT2D eigenvalue weighted by Gasteiger charge is -2.07. The number of rotatable bonds is 6. The number of non-ortho nitro benzene ring substituents is 1. The van der Waals surface area contributed by atoms with Crippen LogP contribution in [0.25, 0.3) is 16.9 Å². The molecule has 0 bridgehead atoms. The molecular weight excluding hydrogens is 408 g/mol. The quantitative estimate of drug-likeness (QED) is 0.360. The second kappa shape index (κ2) is 8.22. The molecule has 0 aliphatic carbocycles. The van der Waals surface area contributed by atoms with E-state index in [1.165, 1.54) is 23.1 Å². The molecule has 0 radical (unpaired) electrons. The predicted molar refractivity (Wildman–Crippen MR) is 111 cm³/mol. The van der Waals surface area contributed by atoms with E-state index in [-0.39, 0.29) is 18.1 Å². The zero-order valence-electron chi connectivity index (χ0n) is 15.5. The number of carbonyl (C=O) groups excluding carboxylic acids is 1. The van der Waals surface area contributed by atoms with Gasteiger partial charge < -0.3 is 9.73 Å². The summed E-state index contributed by atoms with van der Waals surface area (Å²) in [6.07, 6.45) is 1.53. The fourth-order valence-electron chi connectivity index (χ4n) is 2.89. The second-order valence-electron chi connectivity index (χ2n) is 6.37. The summed E-state index contributed by atoms with van der Waals surface area (Å²) in [6, 6.07) is 18.0. The van der Waals surface area contributed by atoms with Crippen LogP contribution in [0.2, 0.25) is 5.02 Å². The first-order valence-corrected chi connectivity index (χ1v) is 9.30. The van der Waals surface area contributed by atoms with Gasteiger partial charge in [-0.1, -0.05) is 11.6 Å². The van der Waals surface area contributed by atoms with Crippen molar-refractivity contribution in [1.82, 2.24) is 15.1 Å². The second-order valence-corrected chi connectivity index (χ2v) is 6.81. The molecule has 0 aliphatic rings. The third-order valence-corrected chi connectivity index (χ3v) is 4.64. The topological polar surface area (TPSA) is 103 Å². The molecule has 1 N–H and O–H groups in total. The van der Waals surface area contributed by atoms with Crippen molar-refractivity contribution in [2.45, 2.75) is 6.54 Å². The van der Waals surface area contributed by atoms with E-state index >= 15 is 0 Å². The predicted octanol–water partition coefficient (Wildman–Crippen LogP) is 4.62. The first kappa shape index (κ1) is 19.4. The SMILES string of the molecule is O=C(NCc1ccco1)c1cc(-c2ccc([N+](=O)[O-])cc2)nn1-c1ccc(Cl)cc1. The number of nitro benzene ring substituents is 1. The standard InChI is InChI=1S/C21H15ClN4O4/c22-15-5-9-16(10-6-15)25-20(21(27)23-13-18-2-1-11-30-18)12-19(24-25)14-3-7-17(8-4-14)26(28)29/h1-12H,13H2,(H,23,27). The Morgan fingerprint density at radius 3 is 2.50 bits per heavy atom. The maximum Gasteiger partial charge on any atom is 0.270 e. The van der Waals surface area contributed by atoms with Gasteiger partial charge in [-0.2, -0.15) is 5.10 Å². The molecule has 9 heteroatoms. The molecule has 4 rings (SSSR count). The molecule has 0 atom stereocenters. The Morgan fingerprint density at radius 1 is 1.13 bits per heavy atom. The molecule has 0 aliphatic heterocycles. The van der Waals surface area contributed by atoms with Crippen molar-refractivity contribution in [2.24, 2.45) is 0 Å². The first-order chi connectivity index (χ1) is 14.5. The first-order valence-electron chi connectivity index (χ1n) is 8.93. The maximum atomic E-state index is 12.9. The van der Waals surface area contributed by atoms with Crippen molar-refractivity contribution in [1.29, 1.82) is 0 Å². The fraction of sp³-hybridized carbons (Fsp3) is 0.0476. The van der Waals surface area contributed by atoms with E-state index in [4.69, 9.17) is 16.0 Å². The van der Waals surface area contributed by atoms with Crippen LogP contribution in [0.1, 0.15) is 16.2 Å². The Kier molecular flexibility index (Phi) is 5.32. The summed E-state index contributed by atoms with van der Waals surface area (Å²) in [7, 11) is 0. The number of hydrogen-bond acceptors (Lipinski definition) is 5. The van der Waals surface area contributed by atoms with Crippen molar-refractivity contribution in [3.63, 3.8) is 0 Å². The van der Waals surface area contributed by atoms with Crippen LogP contribution in [-0.2, 0) is 6.54 Å². The number of carbonyl (C=O) groups is 1. The summed E-state index contributed by atoms with van der Waals surface area (Å²) in [6.45, 7) is 0.227. The van der Waals surface area contributed by atoms with Crippen molar-refractivity contribution in [3.05, 3.63) is 99.6 Å². The van der Waals surface area contributed by atoms with Crippen LogP contribution in [0.3, 0.4) is 0 Å². The zero-order valence-corrected chi connectivity index (χ0v) is 16.2. The molecule has 150 valence electrons. The molecule has 1 amide bonds. The van der Waals surface area contributed by atoms with Gasteiger partial charge in [0, 0.05) is 22.7 Å². The molecular formula is C21H15ClN4O4. The number of hydrogen-bond donors (Lipinski definition) is 1. The highest BCUT2D eigenvalue weighted by atomic mass is 35.5. The van der Waals surface area contributed by atoms with E-state index < -0.39 is 4.92 Å². The Balaban J connectivity index is 1.70. The normalized spacial score (nSPS) is 10.7. The summed E-state index contributed by atoms with van der Waals surface area (Å²) in [4.78, 5) is 23.3. The van der Waals surface area contributed by atoms with Gasteiger partial charge >= 0.3 is 0 Å². The molecule has 0 saturated carbocycles. The zero-order chi connectivity index (χ0) is 21.1. The molecule has 0 unspecified atom stereocenters. The number of nitrogens with zero attached hydrogens (tertiary/aromatic N) is 3. The summed E-state index contributed by atoms with van der Waals surface area (Å²) in [5.74, 6) is 0.276. The number of nitro groups is 1. The number of nitrogens with one attached hydrogen (secondary N) is 1. The van der Waals surface area contributed by atoms with E-state index in [1.54, 1.807) is 54.6 Å². The van der Waals surface area contributed by atoms with Crippen LogP contribution >= 0.6 is 11.6 Å². The van der Waals surface area contributed by atoms with Crippen LogP contribution in [0.4, 0.5) is 5.69 Å². The molecule has 2 heterocycles. The third-order valence-electron chi connectivity index (χ3n) is 4.39. The Bertz CT molecular complexity index is 1180. The molecule has 0 spiro atoms. The lowest BCUT2D eigenvalue weighted by atomic mass is 10.1. The summed E-state index contributed by atoms with van der Waals surface area (Å²) in [5.41, 5.74) is 2.08. The molecule has 2 aromatic heterocycles. The molecule has 0 fully saturated rings.